The zero-order valence-corrected chi connectivity index (χ0v) is 11.0. The molecule has 1 fully saturated rings. The number of ether oxygens (including phenoxy) is 1. The van der Waals surface area contributed by atoms with Gasteiger partial charge in [0.05, 0.1) is 19.3 Å². The number of carbonyl (C=O) groups excluding carboxylic acids is 1. The summed E-state index contributed by atoms with van der Waals surface area (Å²) in [6.45, 7) is 1.49. The van der Waals surface area contributed by atoms with E-state index in [2.05, 4.69) is 16.7 Å². The van der Waals surface area contributed by atoms with Gasteiger partial charge < -0.3 is 14.7 Å². The SMILES string of the molecule is CN1CCCC1CO.COC(=O)c1ccccc1. The third-order valence-corrected chi connectivity index (χ3v) is 3.08. The summed E-state index contributed by atoms with van der Waals surface area (Å²) in [6, 6.07) is 9.33. The van der Waals surface area contributed by atoms with E-state index in [1.165, 1.54) is 20.0 Å². The van der Waals surface area contributed by atoms with Crippen molar-refractivity contribution >= 4 is 5.97 Å². The normalized spacial score (nSPS) is 18.9. The van der Waals surface area contributed by atoms with Crippen molar-refractivity contribution in [2.24, 2.45) is 0 Å². The van der Waals surface area contributed by atoms with E-state index in [1.54, 1.807) is 24.3 Å². The van der Waals surface area contributed by atoms with Crippen molar-refractivity contribution in [2.75, 3.05) is 27.3 Å². The van der Waals surface area contributed by atoms with Crippen molar-refractivity contribution in [1.82, 2.24) is 4.90 Å². The number of carbonyl (C=O) groups is 1. The Balaban J connectivity index is 0.000000184. The molecule has 0 aliphatic carbocycles. The van der Waals surface area contributed by atoms with Crippen molar-refractivity contribution in [2.45, 2.75) is 18.9 Å². The first-order valence-corrected chi connectivity index (χ1v) is 6.13. The molecule has 1 aromatic carbocycles. The molecule has 0 saturated carbocycles. The Morgan fingerprint density at radius 2 is 2.11 bits per heavy atom. The third-order valence-electron chi connectivity index (χ3n) is 3.08. The number of nitrogens with zero attached hydrogens (tertiary/aromatic N) is 1. The fourth-order valence-electron chi connectivity index (χ4n) is 1.90. The predicted octanol–water partition coefficient (Wildman–Crippen LogP) is 1.55. The lowest BCUT2D eigenvalue weighted by atomic mass is 10.2. The highest BCUT2D eigenvalue weighted by molar-refractivity contribution is 5.89. The van der Waals surface area contributed by atoms with Crippen molar-refractivity contribution < 1.29 is 14.6 Å². The third kappa shape index (κ3) is 4.47. The van der Waals surface area contributed by atoms with Crippen LogP contribution in [0.4, 0.5) is 0 Å². The summed E-state index contributed by atoms with van der Waals surface area (Å²) in [4.78, 5) is 13.0. The molecule has 1 atom stereocenters. The lowest BCUT2D eigenvalue weighted by Gasteiger charge is -2.15. The molecule has 1 aliphatic rings. The zero-order valence-electron chi connectivity index (χ0n) is 11.0. The van der Waals surface area contributed by atoms with Crippen LogP contribution in [-0.4, -0.2) is 49.3 Å². The van der Waals surface area contributed by atoms with E-state index < -0.39 is 0 Å². The molecular weight excluding hydrogens is 230 g/mol. The number of esters is 1. The number of benzene rings is 1. The number of likely N-dealkylation sites (tertiary alicyclic amines) is 1. The number of likely N-dealkylation sites (N-methyl/N-ethyl adjacent to an activating group) is 1. The lowest BCUT2D eigenvalue weighted by Crippen LogP contribution is -2.27. The summed E-state index contributed by atoms with van der Waals surface area (Å²) in [5.74, 6) is -0.291. The van der Waals surface area contributed by atoms with Crippen molar-refractivity contribution in [1.29, 1.82) is 0 Å². The van der Waals surface area contributed by atoms with Crippen LogP contribution in [0.25, 0.3) is 0 Å². The fraction of sp³-hybridized carbons (Fsp3) is 0.500. The Kier molecular flexibility index (Phi) is 6.39. The molecule has 100 valence electrons. The van der Waals surface area contributed by atoms with Crippen molar-refractivity contribution in [3.63, 3.8) is 0 Å². The van der Waals surface area contributed by atoms with E-state index in [1.807, 2.05) is 6.07 Å². The first kappa shape index (κ1) is 14.7. The highest BCUT2D eigenvalue weighted by Gasteiger charge is 2.18. The van der Waals surface area contributed by atoms with E-state index in [0.717, 1.165) is 6.54 Å². The molecular formula is C14H21NO3. The largest absolute Gasteiger partial charge is 0.465 e. The van der Waals surface area contributed by atoms with Gasteiger partial charge in [-0.05, 0) is 38.6 Å². The second kappa shape index (κ2) is 7.84. The molecule has 1 saturated heterocycles. The van der Waals surface area contributed by atoms with Gasteiger partial charge in [0.2, 0.25) is 0 Å². The van der Waals surface area contributed by atoms with Crippen LogP contribution in [0.2, 0.25) is 0 Å². The molecule has 0 aromatic heterocycles. The zero-order chi connectivity index (χ0) is 13.4. The quantitative estimate of drug-likeness (QED) is 0.810. The molecule has 4 heteroatoms. The Morgan fingerprint density at radius 1 is 1.44 bits per heavy atom. The Labute approximate surface area is 108 Å². The first-order valence-electron chi connectivity index (χ1n) is 6.13. The number of rotatable bonds is 2. The maximum atomic E-state index is 10.8. The number of hydrogen-bond donors (Lipinski definition) is 1. The maximum Gasteiger partial charge on any atom is 0.337 e. The molecule has 1 heterocycles. The lowest BCUT2D eigenvalue weighted by molar-refractivity contribution is 0.0600. The molecule has 4 nitrogen and oxygen atoms in total. The van der Waals surface area contributed by atoms with Gasteiger partial charge in [-0.15, -0.1) is 0 Å². The summed E-state index contributed by atoms with van der Waals surface area (Å²) in [5.41, 5.74) is 0.588. The van der Waals surface area contributed by atoms with Gasteiger partial charge in [-0.2, -0.15) is 0 Å². The molecule has 1 unspecified atom stereocenters. The Morgan fingerprint density at radius 3 is 2.50 bits per heavy atom. The smallest absolute Gasteiger partial charge is 0.337 e. The number of aliphatic hydroxyl groups excluding tert-OH is 1. The van der Waals surface area contributed by atoms with Gasteiger partial charge >= 0.3 is 5.97 Å². The second-order valence-electron chi connectivity index (χ2n) is 4.32. The highest BCUT2D eigenvalue weighted by Crippen LogP contribution is 2.12. The highest BCUT2D eigenvalue weighted by atomic mass is 16.5. The van der Waals surface area contributed by atoms with Crippen molar-refractivity contribution in [3.8, 4) is 0 Å². The molecule has 0 amide bonds. The summed E-state index contributed by atoms with van der Waals surface area (Å²) < 4.78 is 4.50. The van der Waals surface area contributed by atoms with E-state index in [9.17, 15) is 4.79 Å². The summed E-state index contributed by atoms with van der Waals surface area (Å²) in [6.07, 6.45) is 2.43. The standard InChI is InChI=1S/C8H8O2.C6H13NO/c1-10-8(9)7-5-3-2-4-6-7;1-7-4-2-3-6(7)5-8/h2-6H,1H3;6,8H,2-5H2,1H3. The predicted molar refractivity (Wildman–Crippen MR) is 70.5 cm³/mol. The fourth-order valence-corrected chi connectivity index (χ4v) is 1.90. The van der Waals surface area contributed by atoms with E-state index in [0.29, 0.717) is 18.2 Å². The molecule has 2 rings (SSSR count). The van der Waals surface area contributed by atoms with Crippen LogP contribution >= 0.6 is 0 Å². The molecule has 18 heavy (non-hydrogen) atoms. The topological polar surface area (TPSA) is 49.8 Å². The van der Waals surface area contributed by atoms with Crippen LogP contribution in [0.5, 0.6) is 0 Å². The molecule has 1 aliphatic heterocycles. The van der Waals surface area contributed by atoms with Crippen LogP contribution < -0.4 is 0 Å². The molecule has 0 spiro atoms. The van der Waals surface area contributed by atoms with Crippen LogP contribution in [-0.2, 0) is 4.74 Å². The minimum Gasteiger partial charge on any atom is -0.465 e. The van der Waals surface area contributed by atoms with Gasteiger partial charge in [-0.25, -0.2) is 4.79 Å². The number of hydrogen-bond acceptors (Lipinski definition) is 4. The minimum atomic E-state index is -0.291. The maximum absolute atomic E-state index is 10.8. The summed E-state index contributed by atoms with van der Waals surface area (Å²) >= 11 is 0. The van der Waals surface area contributed by atoms with Gasteiger partial charge in [0.15, 0.2) is 0 Å². The monoisotopic (exact) mass is 251 g/mol. The minimum absolute atomic E-state index is 0.291. The summed E-state index contributed by atoms with van der Waals surface area (Å²) in [7, 11) is 3.43. The average Bonchev–Trinajstić information content (AvgIpc) is 2.85. The number of methoxy groups -OCH3 is 1. The van der Waals surface area contributed by atoms with Gasteiger partial charge in [0.1, 0.15) is 0 Å². The van der Waals surface area contributed by atoms with E-state index in [4.69, 9.17) is 5.11 Å². The van der Waals surface area contributed by atoms with Gasteiger partial charge in [0, 0.05) is 6.04 Å². The summed E-state index contributed by atoms with van der Waals surface area (Å²) in [5, 5.41) is 8.69. The Hall–Kier alpha value is -1.39. The molecule has 1 aromatic rings. The van der Waals surface area contributed by atoms with E-state index in [-0.39, 0.29) is 5.97 Å². The average molecular weight is 251 g/mol. The molecule has 0 radical (unpaired) electrons. The van der Waals surface area contributed by atoms with Crippen LogP contribution in [0, 0.1) is 0 Å². The first-order chi connectivity index (χ1) is 8.69. The second-order valence-corrected chi connectivity index (χ2v) is 4.32. The van der Waals surface area contributed by atoms with Crippen LogP contribution in [0.15, 0.2) is 30.3 Å². The van der Waals surface area contributed by atoms with Crippen molar-refractivity contribution in [3.05, 3.63) is 35.9 Å². The number of aliphatic hydroxyl groups is 1. The van der Waals surface area contributed by atoms with E-state index >= 15 is 0 Å². The molecule has 1 N–H and O–H groups in total. The molecule has 0 bridgehead atoms. The van der Waals surface area contributed by atoms with Crippen LogP contribution in [0.3, 0.4) is 0 Å². The van der Waals surface area contributed by atoms with Gasteiger partial charge in [0.25, 0.3) is 0 Å². The van der Waals surface area contributed by atoms with Gasteiger partial charge in [-0.1, -0.05) is 18.2 Å². The Bertz CT molecular complexity index is 353. The van der Waals surface area contributed by atoms with Crippen LogP contribution in [0.1, 0.15) is 23.2 Å². The van der Waals surface area contributed by atoms with Gasteiger partial charge in [-0.3, -0.25) is 0 Å².